The minimum Gasteiger partial charge on any atom is -0.491 e. The van der Waals surface area contributed by atoms with Gasteiger partial charge in [0.25, 0.3) is 5.91 Å². The van der Waals surface area contributed by atoms with Crippen LogP contribution >= 0.6 is 0 Å². The molecule has 4 N–H and O–H groups in total. The Balaban J connectivity index is 1.48. The minimum atomic E-state index is -0.612. The average Bonchev–Trinajstić information content (AvgIpc) is 3.49. The number of hydrogen-bond acceptors (Lipinski definition) is 8. The van der Waals surface area contributed by atoms with Gasteiger partial charge in [-0.25, -0.2) is 4.98 Å². The summed E-state index contributed by atoms with van der Waals surface area (Å²) in [6, 6.07) is 4.99. The lowest BCUT2D eigenvalue weighted by molar-refractivity contribution is -0.123. The van der Waals surface area contributed by atoms with Crippen molar-refractivity contribution in [2.24, 2.45) is 5.73 Å². The lowest BCUT2D eigenvalue weighted by Gasteiger charge is -2.31. The first-order valence-corrected chi connectivity index (χ1v) is 14.1. The molecule has 1 atom stereocenters. The number of carbonyl (C=O) groups excluding carboxylic acids is 3. The Hall–Kier alpha value is -3.97. The molecule has 1 saturated heterocycles. The van der Waals surface area contributed by atoms with Gasteiger partial charge in [-0.3, -0.25) is 29.3 Å². The predicted molar refractivity (Wildman–Crippen MR) is 154 cm³/mol. The number of benzene rings is 1. The number of likely N-dealkylation sites (N-methyl/N-ethyl adjacent to an activating group) is 1. The highest BCUT2D eigenvalue weighted by Crippen LogP contribution is 2.31. The molecule has 4 rings (SSSR count). The molecule has 0 saturated carbocycles. The molecule has 0 spiro atoms. The number of ether oxygens (including phenoxy) is 2. The van der Waals surface area contributed by atoms with Crippen molar-refractivity contribution in [2.45, 2.75) is 59.2 Å². The largest absolute Gasteiger partial charge is 0.491 e. The summed E-state index contributed by atoms with van der Waals surface area (Å²) in [5.41, 5.74) is 8.15. The minimum absolute atomic E-state index is 0.0357. The number of morpholine rings is 1. The summed E-state index contributed by atoms with van der Waals surface area (Å²) in [5, 5.41) is 10.2. The van der Waals surface area contributed by atoms with Crippen LogP contribution in [-0.2, 0) is 22.6 Å². The molecule has 1 aliphatic heterocycles. The first kappa shape index (κ1) is 30.0. The molecule has 1 aliphatic rings. The second-order valence-electron chi connectivity index (χ2n) is 10.2. The van der Waals surface area contributed by atoms with E-state index >= 15 is 0 Å². The third kappa shape index (κ3) is 7.22. The quantitative estimate of drug-likeness (QED) is 0.264. The first-order valence-electron chi connectivity index (χ1n) is 14.1. The highest BCUT2D eigenvalue weighted by molar-refractivity contribution is 6.04. The van der Waals surface area contributed by atoms with Crippen LogP contribution in [0.15, 0.2) is 18.2 Å². The Morgan fingerprint density at radius 1 is 1.22 bits per heavy atom. The molecule has 1 unspecified atom stereocenters. The van der Waals surface area contributed by atoms with E-state index in [9.17, 15) is 14.4 Å². The fourth-order valence-electron chi connectivity index (χ4n) is 4.87. The lowest BCUT2D eigenvalue weighted by atomic mass is 10.1. The van der Waals surface area contributed by atoms with E-state index in [4.69, 9.17) is 15.2 Å². The second-order valence-corrected chi connectivity index (χ2v) is 10.2. The molecular formula is C28H40N8O5. The zero-order valence-corrected chi connectivity index (χ0v) is 24.2. The maximum atomic E-state index is 13.2. The van der Waals surface area contributed by atoms with Crippen LogP contribution in [0.25, 0.3) is 11.0 Å². The summed E-state index contributed by atoms with van der Waals surface area (Å²) in [5.74, 6) is -0.215. The second kappa shape index (κ2) is 13.6. The van der Waals surface area contributed by atoms with Gasteiger partial charge in [-0.2, -0.15) is 5.10 Å². The molecule has 13 nitrogen and oxygen atoms in total. The van der Waals surface area contributed by atoms with Crippen LogP contribution < -0.4 is 21.1 Å². The fourth-order valence-corrected chi connectivity index (χ4v) is 4.87. The summed E-state index contributed by atoms with van der Waals surface area (Å²) in [4.78, 5) is 44.4. The molecule has 13 heteroatoms. The van der Waals surface area contributed by atoms with Gasteiger partial charge in [0.1, 0.15) is 17.0 Å². The van der Waals surface area contributed by atoms with Gasteiger partial charge in [0.2, 0.25) is 17.8 Å². The van der Waals surface area contributed by atoms with Gasteiger partial charge in [0.15, 0.2) is 0 Å². The Bertz CT molecular complexity index is 1400. The van der Waals surface area contributed by atoms with Crippen molar-refractivity contribution >= 4 is 34.7 Å². The number of anilines is 1. The van der Waals surface area contributed by atoms with E-state index in [2.05, 4.69) is 25.6 Å². The molecule has 222 valence electrons. The molecule has 0 aliphatic carbocycles. The van der Waals surface area contributed by atoms with Crippen molar-refractivity contribution < 1.29 is 23.9 Å². The molecule has 2 aromatic heterocycles. The average molecular weight is 569 g/mol. The molecular weight excluding hydrogens is 528 g/mol. The monoisotopic (exact) mass is 568 g/mol. The van der Waals surface area contributed by atoms with Crippen LogP contribution in [-0.4, -0.2) is 88.0 Å². The Kier molecular flexibility index (Phi) is 9.95. The van der Waals surface area contributed by atoms with Crippen LogP contribution in [0.4, 0.5) is 5.95 Å². The number of primary amides is 1. The van der Waals surface area contributed by atoms with Crippen LogP contribution in [0, 0.1) is 6.92 Å². The zero-order chi connectivity index (χ0) is 29.5. The number of fused-ring (bicyclic) bond motifs is 1. The predicted octanol–water partition coefficient (Wildman–Crippen LogP) is 1.93. The number of aromatic nitrogens is 4. The highest BCUT2D eigenvalue weighted by atomic mass is 16.5. The molecule has 1 fully saturated rings. The maximum Gasteiger partial charge on any atom is 0.276 e. The van der Waals surface area contributed by atoms with Crippen LogP contribution in [0.5, 0.6) is 5.75 Å². The summed E-state index contributed by atoms with van der Waals surface area (Å²) in [6.07, 6.45) is 1.70. The normalized spacial score (nSPS) is 15.7. The van der Waals surface area contributed by atoms with Crippen LogP contribution in [0.2, 0.25) is 0 Å². The number of aryl methyl sites for hydroxylation is 3. The van der Waals surface area contributed by atoms with Crippen molar-refractivity contribution in [3.63, 3.8) is 0 Å². The third-order valence-electron chi connectivity index (χ3n) is 7.04. The Morgan fingerprint density at radius 3 is 2.73 bits per heavy atom. The summed E-state index contributed by atoms with van der Waals surface area (Å²) >= 11 is 0. The van der Waals surface area contributed by atoms with Gasteiger partial charge in [-0.1, -0.05) is 6.92 Å². The molecule has 3 heterocycles. The van der Waals surface area contributed by atoms with E-state index in [1.807, 2.05) is 32.4 Å². The molecule has 0 radical (unpaired) electrons. The summed E-state index contributed by atoms with van der Waals surface area (Å²) in [7, 11) is 2.00. The van der Waals surface area contributed by atoms with E-state index in [-0.39, 0.29) is 30.0 Å². The van der Waals surface area contributed by atoms with E-state index in [0.717, 1.165) is 18.7 Å². The van der Waals surface area contributed by atoms with Gasteiger partial charge >= 0.3 is 0 Å². The highest BCUT2D eigenvalue weighted by Gasteiger charge is 2.23. The molecule has 1 aromatic carbocycles. The van der Waals surface area contributed by atoms with Gasteiger partial charge in [0.05, 0.1) is 31.0 Å². The topological polar surface area (TPSA) is 159 Å². The fraction of sp³-hybridized carbons (Fsp3) is 0.536. The van der Waals surface area contributed by atoms with Gasteiger partial charge in [-0.15, -0.1) is 0 Å². The summed E-state index contributed by atoms with van der Waals surface area (Å²) < 4.78 is 15.1. The molecule has 0 bridgehead atoms. The van der Waals surface area contributed by atoms with Gasteiger partial charge in [0, 0.05) is 44.2 Å². The van der Waals surface area contributed by atoms with Crippen molar-refractivity contribution in [1.29, 1.82) is 0 Å². The zero-order valence-electron chi connectivity index (χ0n) is 24.2. The number of amides is 3. The van der Waals surface area contributed by atoms with E-state index < -0.39 is 5.91 Å². The number of nitrogens with two attached hydrogens (primary N) is 1. The summed E-state index contributed by atoms with van der Waals surface area (Å²) in [6.45, 7) is 9.65. The number of nitrogens with zero attached hydrogens (tertiary/aromatic N) is 5. The number of imidazole rings is 1. The molecule has 3 amide bonds. The van der Waals surface area contributed by atoms with Crippen molar-refractivity contribution in [1.82, 2.24) is 29.5 Å². The van der Waals surface area contributed by atoms with Crippen LogP contribution in [0.1, 0.15) is 59.7 Å². The third-order valence-corrected chi connectivity index (χ3v) is 7.04. The molecule has 41 heavy (non-hydrogen) atoms. The van der Waals surface area contributed by atoms with E-state index in [0.29, 0.717) is 74.1 Å². The lowest BCUT2D eigenvalue weighted by Crippen LogP contribution is -2.45. The molecule has 3 aromatic rings. The van der Waals surface area contributed by atoms with E-state index in [1.54, 1.807) is 22.9 Å². The number of rotatable bonds is 13. The first-order chi connectivity index (χ1) is 19.7. The standard InChI is InChI=1S/C28H40N8O5/c1-5-9-35-25-21(31-28(35)32-27(39)22-13-18(3)33-36(22)6-2)14-19(26(29)38)15-23(25)41-11-7-8-30-24(37)16-20-17-40-12-10-34(20)4/h13-15,20H,5-12,16-17H2,1-4H3,(H2,29,38)(H,30,37)(H,31,32,39). The Morgan fingerprint density at radius 2 is 2.02 bits per heavy atom. The maximum absolute atomic E-state index is 13.2. The number of nitrogens with one attached hydrogen (secondary N) is 2. The van der Waals surface area contributed by atoms with E-state index in [1.165, 1.54) is 0 Å². The number of carbonyl (C=O) groups is 3. The number of hydrogen-bond donors (Lipinski definition) is 3. The van der Waals surface area contributed by atoms with Crippen molar-refractivity contribution in [3.05, 3.63) is 35.2 Å². The SMILES string of the molecule is CCCn1c(NC(=O)c2cc(C)nn2CC)nc2cc(C(N)=O)cc(OCCCNC(=O)CC3COCCN3C)c21. The smallest absolute Gasteiger partial charge is 0.276 e. The van der Waals surface area contributed by atoms with Crippen molar-refractivity contribution in [2.75, 3.05) is 45.3 Å². The Labute approximate surface area is 239 Å². The van der Waals surface area contributed by atoms with Gasteiger partial charge in [-0.05, 0) is 51.9 Å². The van der Waals surface area contributed by atoms with Crippen LogP contribution in [0.3, 0.4) is 0 Å². The van der Waals surface area contributed by atoms with Crippen molar-refractivity contribution in [3.8, 4) is 5.75 Å². The van der Waals surface area contributed by atoms with Gasteiger partial charge < -0.3 is 25.1 Å².